The molecule has 1 aromatic rings. The molecule has 0 saturated heterocycles. The van der Waals surface area contributed by atoms with Gasteiger partial charge in [-0.1, -0.05) is 0 Å². The monoisotopic (exact) mass is 329 g/mol. The lowest BCUT2D eigenvalue weighted by Crippen LogP contribution is -2.09. The molecule has 0 aliphatic carbocycles. The second-order valence-corrected chi connectivity index (χ2v) is 7.69. The van der Waals surface area contributed by atoms with Crippen molar-refractivity contribution in [1.82, 2.24) is 0 Å². The van der Waals surface area contributed by atoms with Crippen LogP contribution in [0.2, 0.25) is 0 Å². The van der Waals surface area contributed by atoms with Gasteiger partial charge in [0.2, 0.25) is 6.49 Å². The second-order valence-electron chi connectivity index (χ2n) is 3.72. The van der Waals surface area contributed by atoms with Crippen molar-refractivity contribution in [2.24, 2.45) is 0 Å². The Bertz CT molecular complexity index is 564. The number of rotatable bonds is 5. The number of alkyl halides is 3. The Morgan fingerprint density at radius 2 is 2.05 bits per heavy atom. The van der Waals surface area contributed by atoms with E-state index in [1.54, 1.807) is 6.92 Å². The first-order valence-electron chi connectivity index (χ1n) is 5.34. The molecule has 0 amide bonds. The lowest BCUT2D eigenvalue weighted by atomic mass is 10.2. The predicted molar refractivity (Wildman–Crippen MR) is 70.6 cm³/mol. The van der Waals surface area contributed by atoms with Crippen molar-refractivity contribution in [3.63, 3.8) is 0 Å². The zero-order valence-electron chi connectivity index (χ0n) is 10.5. The highest BCUT2D eigenvalue weighted by Crippen LogP contribution is 2.48. The topological polar surface area (TPSA) is 61.6 Å². The zero-order chi connectivity index (χ0) is 15.6. The standard InChI is InChI=1S/C10H11F3NO4PS/c1-3-17-19(2,20)18-9-5-4-7(14(15)16)6-8(9)10(11,12)13/h4-6H,3H2,1-2H3. The molecule has 0 fully saturated rings. The minimum atomic E-state index is -4.79. The molecule has 0 aliphatic rings. The molecule has 1 atom stereocenters. The number of nitro benzene ring substituents is 1. The van der Waals surface area contributed by atoms with Crippen molar-refractivity contribution < 1.29 is 27.1 Å². The normalized spacial score (nSPS) is 14.7. The summed E-state index contributed by atoms with van der Waals surface area (Å²) in [6.07, 6.45) is -4.79. The zero-order valence-corrected chi connectivity index (χ0v) is 12.2. The highest BCUT2D eigenvalue weighted by molar-refractivity contribution is 8.09. The van der Waals surface area contributed by atoms with Gasteiger partial charge in [0.25, 0.3) is 5.69 Å². The van der Waals surface area contributed by atoms with Crippen molar-refractivity contribution in [3.05, 3.63) is 33.9 Å². The van der Waals surface area contributed by atoms with E-state index in [1.807, 2.05) is 0 Å². The van der Waals surface area contributed by atoms with Crippen LogP contribution in [-0.4, -0.2) is 18.2 Å². The van der Waals surface area contributed by atoms with Gasteiger partial charge in [0, 0.05) is 18.8 Å². The average molecular weight is 329 g/mol. The fourth-order valence-corrected chi connectivity index (χ4v) is 2.97. The van der Waals surface area contributed by atoms with Crippen LogP contribution >= 0.6 is 6.49 Å². The van der Waals surface area contributed by atoms with Crippen LogP contribution in [0.4, 0.5) is 18.9 Å². The fraction of sp³-hybridized carbons (Fsp3) is 0.400. The summed E-state index contributed by atoms with van der Waals surface area (Å²) in [4.78, 5) is 9.63. The van der Waals surface area contributed by atoms with E-state index in [0.29, 0.717) is 6.07 Å². The summed E-state index contributed by atoms with van der Waals surface area (Å²) in [5.74, 6) is -0.567. The van der Waals surface area contributed by atoms with Gasteiger partial charge in [0.15, 0.2) is 0 Å². The van der Waals surface area contributed by atoms with Crippen molar-refractivity contribution >= 4 is 24.0 Å². The van der Waals surface area contributed by atoms with Gasteiger partial charge in [-0.3, -0.25) is 10.1 Å². The van der Waals surface area contributed by atoms with Crippen molar-refractivity contribution in [2.75, 3.05) is 13.3 Å². The number of halogens is 3. The maximum absolute atomic E-state index is 12.9. The molecule has 0 heterocycles. The molecule has 5 nitrogen and oxygen atoms in total. The van der Waals surface area contributed by atoms with E-state index >= 15 is 0 Å². The predicted octanol–water partition coefficient (Wildman–Crippen LogP) is 3.97. The van der Waals surface area contributed by atoms with Gasteiger partial charge in [0.05, 0.1) is 11.5 Å². The van der Waals surface area contributed by atoms with Gasteiger partial charge < -0.3 is 9.05 Å². The third-order valence-corrected chi connectivity index (χ3v) is 3.90. The number of nitrogens with zero attached hydrogens (tertiary/aromatic N) is 1. The van der Waals surface area contributed by atoms with E-state index in [-0.39, 0.29) is 6.61 Å². The van der Waals surface area contributed by atoms with Gasteiger partial charge in [-0.05, 0) is 24.8 Å². The molecule has 0 bridgehead atoms. The van der Waals surface area contributed by atoms with E-state index in [1.165, 1.54) is 6.66 Å². The number of nitro groups is 1. The van der Waals surface area contributed by atoms with Gasteiger partial charge >= 0.3 is 6.18 Å². The SMILES string of the molecule is CCOP(C)(=S)Oc1ccc([N+](=O)[O-])cc1C(F)(F)F. The fourth-order valence-electron chi connectivity index (χ4n) is 1.37. The van der Waals surface area contributed by atoms with E-state index in [4.69, 9.17) is 20.9 Å². The highest BCUT2D eigenvalue weighted by Gasteiger charge is 2.37. The molecule has 0 spiro atoms. The molecule has 112 valence electrons. The summed E-state index contributed by atoms with van der Waals surface area (Å²) in [6.45, 7) is 0.326. The third-order valence-electron chi connectivity index (χ3n) is 2.11. The quantitative estimate of drug-likeness (QED) is 0.465. The molecule has 20 heavy (non-hydrogen) atoms. The third kappa shape index (κ3) is 4.43. The number of non-ortho nitro benzene ring substituents is 1. The molecule has 0 aromatic heterocycles. The Hall–Kier alpha value is -1.18. The van der Waals surface area contributed by atoms with Crippen LogP contribution < -0.4 is 4.52 Å². The summed E-state index contributed by atoms with van der Waals surface area (Å²) in [6, 6.07) is 2.22. The van der Waals surface area contributed by atoms with Crippen LogP contribution in [0.5, 0.6) is 5.75 Å². The summed E-state index contributed by atoms with van der Waals surface area (Å²) < 4.78 is 48.8. The maximum Gasteiger partial charge on any atom is 0.420 e. The Labute approximate surface area is 118 Å². The number of hydrogen-bond donors (Lipinski definition) is 0. The van der Waals surface area contributed by atoms with Crippen molar-refractivity contribution in [2.45, 2.75) is 13.1 Å². The minimum absolute atomic E-state index is 0.197. The van der Waals surface area contributed by atoms with E-state index < -0.39 is 34.6 Å². The van der Waals surface area contributed by atoms with Gasteiger partial charge in [-0.25, -0.2) is 0 Å². The number of hydrogen-bond acceptors (Lipinski definition) is 5. The largest absolute Gasteiger partial charge is 0.443 e. The lowest BCUT2D eigenvalue weighted by molar-refractivity contribution is -0.385. The van der Waals surface area contributed by atoms with Gasteiger partial charge in [-0.15, -0.1) is 0 Å². The van der Waals surface area contributed by atoms with Gasteiger partial charge in [-0.2, -0.15) is 13.2 Å². The van der Waals surface area contributed by atoms with Crippen LogP contribution in [0.3, 0.4) is 0 Å². The second kappa shape index (κ2) is 6.07. The molecule has 0 aliphatic heterocycles. The summed E-state index contributed by atoms with van der Waals surface area (Å²) in [7, 11) is 0. The van der Waals surface area contributed by atoms with Crippen LogP contribution in [0.15, 0.2) is 18.2 Å². The molecule has 1 aromatic carbocycles. The molecule has 1 rings (SSSR count). The molecule has 0 radical (unpaired) electrons. The van der Waals surface area contributed by atoms with Gasteiger partial charge in [0.1, 0.15) is 11.3 Å². The van der Waals surface area contributed by atoms with Crippen LogP contribution in [0, 0.1) is 10.1 Å². The van der Waals surface area contributed by atoms with Crippen LogP contribution in [0.25, 0.3) is 0 Å². The van der Waals surface area contributed by atoms with Crippen molar-refractivity contribution in [1.29, 1.82) is 0 Å². The maximum atomic E-state index is 12.9. The molecular formula is C10H11F3NO4PS. The summed E-state index contributed by atoms with van der Waals surface area (Å²) in [5.41, 5.74) is -1.92. The molecule has 0 N–H and O–H groups in total. The first-order valence-corrected chi connectivity index (χ1v) is 8.42. The van der Waals surface area contributed by atoms with E-state index in [2.05, 4.69) is 0 Å². The van der Waals surface area contributed by atoms with Crippen molar-refractivity contribution in [3.8, 4) is 5.75 Å². The highest BCUT2D eigenvalue weighted by atomic mass is 32.5. The molecule has 0 saturated carbocycles. The van der Waals surface area contributed by atoms with Crippen LogP contribution in [0.1, 0.15) is 12.5 Å². The Morgan fingerprint density at radius 3 is 2.50 bits per heavy atom. The molecular weight excluding hydrogens is 318 g/mol. The summed E-state index contributed by atoms with van der Waals surface area (Å²) in [5, 5.41) is 10.5. The smallest absolute Gasteiger partial charge is 0.420 e. The van der Waals surface area contributed by atoms with E-state index in [9.17, 15) is 23.3 Å². The Kier molecular flexibility index (Phi) is 5.12. The molecule has 1 unspecified atom stereocenters. The minimum Gasteiger partial charge on any atom is -0.443 e. The number of benzene rings is 1. The first kappa shape index (κ1) is 16.9. The average Bonchev–Trinajstić information content (AvgIpc) is 2.26. The summed E-state index contributed by atoms with van der Waals surface area (Å²) >= 11 is 4.96. The lowest BCUT2D eigenvalue weighted by Gasteiger charge is -2.20. The van der Waals surface area contributed by atoms with Crippen LogP contribution in [-0.2, 0) is 22.5 Å². The van der Waals surface area contributed by atoms with E-state index in [0.717, 1.165) is 12.1 Å². The molecule has 10 heteroatoms. The first-order chi connectivity index (χ1) is 9.07. The Balaban J connectivity index is 3.26. The Morgan fingerprint density at radius 1 is 1.45 bits per heavy atom.